The SMILES string of the molecule is Cc1cc(-c2cccc(S(C)(=O)=O)c2)ccc1-n1nc(C(C)(C)O)cc1-c1c(Cl)cccc1Cl. The van der Waals surface area contributed by atoms with Crippen LogP contribution in [0.3, 0.4) is 0 Å². The Morgan fingerprint density at radius 1 is 0.912 bits per heavy atom. The van der Waals surface area contributed by atoms with Crippen molar-refractivity contribution < 1.29 is 13.5 Å². The fraction of sp³-hybridized carbons (Fsp3) is 0.192. The van der Waals surface area contributed by atoms with Gasteiger partial charge in [-0.3, -0.25) is 0 Å². The molecular weight excluding hydrogens is 491 g/mol. The van der Waals surface area contributed by atoms with E-state index < -0.39 is 15.4 Å². The lowest BCUT2D eigenvalue weighted by atomic mass is 10.0. The zero-order valence-electron chi connectivity index (χ0n) is 19.2. The maximum Gasteiger partial charge on any atom is 0.175 e. The molecule has 0 saturated heterocycles. The van der Waals surface area contributed by atoms with Crippen molar-refractivity contribution in [3.05, 3.63) is 88.0 Å². The highest BCUT2D eigenvalue weighted by molar-refractivity contribution is 7.90. The van der Waals surface area contributed by atoms with Gasteiger partial charge in [-0.1, -0.05) is 47.5 Å². The number of aryl methyl sites for hydroxylation is 1. The first-order valence-corrected chi connectivity index (χ1v) is 13.2. The van der Waals surface area contributed by atoms with Gasteiger partial charge in [0.15, 0.2) is 9.84 Å². The Morgan fingerprint density at radius 3 is 2.12 bits per heavy atom. The summed E-state index contributed by atoms with van der Waals surface area (Å²) in [7, 11) is -3.31. The van der Waals surface area contributed by atoms with Crippen LogP contribution in [0.5, 0.6) is 0 Å². The number of halogens is 2. The number of hydrogen-bond acceptors (Lipinski definition) is 4. The van der Waals surface area contributed by atoms with Crippen LogP contribution in [0, 0.1) is 6.92 Å². The van der Waals surface area contributed by atoms with E-state index in [0.29, 0.717) is 27.0 Å². The normalized spacial score (nSPS) is 12.2. The second-order valence-corrected chi connectivity index (χ2v) is 11.6. The van der Waals surface area contributed by atoms with Crippen LogP contribution in [0.15, 0.2) is 71.6 Å². The summed E-state index contributed by atoms with van der Waals surface area (Å²) in [6.45, 7) is 5.29. The Labute approximate surface area is 209 Å². The molecule has 4 aromatic rings. The molecule has 1 aromatic heterocycles. The van der Waals surface area contributed by atoms with Crippen molar-refractivity contribution in [1.29, 1.82) is 0 Å². The minimum absolute atomic E-state index is 0.268. The van der Waals surface area contributed by atoms with Gasteiger partial charge in [-0.25, -0.2) is 13.1 Å². The van der Waals surface area contributed by atoms with Crippen molar-refractivity contribution in [2.24, 2.45) is 0 Å². The summed E-state index contributed by atoms with van der Waals surface area (Å²) in [6.07, 6.45) is 1.19. The third-order valence-corrected chi connectivity index (χ3v) is 7.32. The van der Waals surface area contributed by atoms with E-state index in [2.05, 4.69) is 0 Å². The molecule has 0 aliphatic heterocycles. The molecule has 1 N–H and O–H groups in total. The Kier molecular flexibility index (Phi) is 6.38. The number of sulfone groups is 1. The van der Waals surface area contributed by atoms with Crippen molar-refractivity contribution >= 4 is 33.0 Å². The Balaban J connectivity index is 1.88. The highest BCUT2D eigenvalue weighted by Crippen LogP contribution is 2.38. The predicted octanol–water partition coefficient (Wildman–Crippen LogP) is 6.45. The molecule has 0 radical (unpaired) electrons. The van der Waals surface area contributed by atoms with Gasteiger partial charge in [0.2, 0.25) is 0 Å². The summed E-state index contributed by atoms with van der Waals surface area (Å²) < 4.78 is 25.7. The lowest BCUT2D eigenvalue weighted by Crippen LogP contribution is -2.16. The van der Waals surface area contributed by atoms with Crippen molar-refractivity contribution in [3.8, 4) is 28.1 Å². The molecule has 176 valence electrons. The molecule has 0 unspecified atom stereocenters. The fourth-order valence-electron chi connectivity index (χ4n) is 3.76. The van der Waals surface area contributed by atoms with Crippen LogP contribution >= 0.6 is 23.2 Å². The number of hydrogen-bond donors (Lipinski definition) is 1. The van der Waals surface area contributed by atoms with E-state index in [0.717, 1.165) is 22.4 Å². The van der Waals surface area contributed by atoms with Gasteiger partial charge in [0.05, 0.1) is 32.0 Å². The van der Waals surface area contributed by atoms with Crippen LogP contribution in [0.25, 0.3) is 28.1 Å². The van der Waals surface area contributed by atoms with Crippen LogP contribution in [-0.4, -0.2) is 29.6 Å². The Morgan fingerprint density at radius 2 is 1.53 bits per heavy atom. The zero-order chi connectivity index (χ0) is 24.8. The van der Waals surface area contributed by atoms with Crippen molar-refractivity contribution in [2.75, 3.05) is 6.26 Å². The molecule has 3 aromatic carbocycles. The number of benzene rings is 3. The van der Waals surface area contributed by atoms with Crippen LogP contribution in [-0.2, 0) is 15.4 Å². The number of aliphatic hydroxyl groups is 1. The molecule has 0 spiro atoms. The summed E-state index contributed by atoms with van der Waals surface area (Å²) >= 11 is 13.0. The first-order valence-electron chi connectivity index (χ1n) is 10.5. The first-order chi connectivity index (χ1) is 15.9. The molecule has 34 heavy (non-hydrogen) atoms. The van der Waals surface area contributed by atoms with Gasteiger partial charge in [-0.05, 0) is 79.9 Å². The number of aromatic nitrogens is 2. The van der Waals surface area contributed by atoms with Crippen LogP contribution in [0.1, 0.15) is 25.1 Å². The summed E-state index contributed by atoms with van der Waals surface area (Å²) in [4.78, 5) is 0.268. The smallest absolute Gasteiger partial charge is 0.175 e. The van der Waals surface area contributed by atoms with Gasteiger partial charge in [0.1, 0.15) is 5.60 Å². The van der Waals surface area contributed by atoms with E-state index in [1.54, 1.807) is 61.0 Å². The molecule has 0 atom stereocenters. The van der Waals surface area contributed by atoms with E-state index in [1.165, 1.54) is 6.26 Å². The standard InChI is InChI=1S/C26H24Cl2N2O3S/c1-16-13-18(17-7-5-8-19(14-17)34(4,32)33)11-12-22(16)30-23(15-24(29-30)26(2,3)31)25-20(27)9-6-10-21(25)28/h5-15,31H,1-4H3. The van der Waals surface area contributed by atoms with Gasteiger partial charge in [0.25, 0.3) is 0 Å². The van der Waals surface area contributed by atoms with E-state index in [1.807, 2.05) is 31.2 Å². The predicted molar refractivity (Wildman–Crippen MR) is 138 cm³/mol. The molecule has 0 aliphatic carbocycles. The molecule has 5 nitrogen and oxygen atoms in total. The van der Waals surface area contributed by atoms with E-state index >= 15 is 0 Å². The maximum absolute atomic E-state index is 12.0. The van der Waals surface area contributed by atoms with Crippen LogP contribution in [0.4, 0.5) is 0 Å². The van der Waals surface area contributed by atoms with Crippen LogP contribution < -0.4 is 0 Å². The van der Waals surface area contributed by atoms with E-state index in [-0.39, 0.29) is 4.90 Å². The molecule has 4 rings (SSSR count). The molecule has 0 saturated carbocycles. The Bertz CT molecular complexity index is 1480. The van der Waals surface area contributed by atoms with Crippen molar-refractivity contribution in [2.45, 2.75) is 31.3 Å². The fourth-order valence-corrected chi connectivity index (χ4v) is 5.02. The topological polar surface area (TPSA) is 72.2 Å². The first kappa shape index (κ1) is 24.5. The van der Waals surface area contributed by atoms with Gasteiger partial charge in [-0.2, -0.15) is 5.10 Å². The summed E-state index contributed by atoms with van der Waals surface area (Å²) in [5.74, 6) is 0. The second kappa shape index (κ2) is 8.86. The minimum Gasteiger partial charge on any atom is -0.384 e. The highest BCUT2D eigenvalue weighted by atomic mass is 35.5. The summed E-state index contributed by atoms with van der Waals surface area (Å²) in [5.41, 5.74) is 3.93. The molecule has 0 bridgehead atoms. The summed E-state index contributed by atoms with van der Waals surface area (Å²) in [6, 6.07) is 19.7. The lowest BCUT2D eigenvalue weighted by molar-refractivity contribution is 0.0734. The average Bonchev–Trinajstić information content (AvgIpc) is 3.18. The quantitative estimate of drug-likeness (QED) is 0.332. The molecule has 0 fully saturated rings. The van der Waals surface area contributed by atoms with E-state index in [9.17, 15) is 13.5 Å². The molecule has 8 heteroatoms. The number of rotatable bonds is 5. The van der Waals surface area contributed by atoms with Crippen molar-refractivity contribution in [3.63, 3.8) is 0 Å². The monoisotopic (exact) mass is 514 g/mol. The van der Waals surface area contributed by atoms with Gasteiger partial charge in [-0.15, -0.1) is 0 Å². The van der Waals surface area contributed by atoms with Crippen LogP contribution in [0.2, 0.25) is 10.0 Å². The minimum atomic E-state index is -3.31. The largest absolute Gasteiger partial charge is 0.384 e. The Hall–Kier alpha value is -2.64. The molecule has 1 heterocycles. The third kappa shape index (κ3) is 4.77. The van der Waals surface area contributed by atoms with Crippen molar-refractivity contribution in [1.82, 2.24) is 9.78 Å². The molecule has 0 aliphatic rings. The highest BCUT2D eigenvalue weighted by Gasteiger charge is 2.25. The van der Waals surface area contributed by atoms with Gasteiger partial charge < -0.3 is 5.11 Å². The van der Waals surface area contributed by atoms with E-state index in [4.69, 9.17) is 28.3 Å². The molecule has 0 amide bonds. The maximum atomic E-state index is 12.0. The lowest BCUT2D eigenvalue weighted by Gasteiger charge is -2.15. The van der Waals surface area contributed by atoms with Gasteiger partial charge >= 0.3 is 0 Å². The summed E-state index contributed by atoms with van der Waals surface area (Å²) in [5, 5.41) is 16.3. The third-order valence-electron chi connectivity index (χ3n) is 5.58. The second-order valence-electron chi connectivity index (χ2n) is 8.78. The number of nitrogens with zero attached hydrogens (tertiary/aromatic N) is 2. The zero-order valence-corrected chi connectivity index (χ0v) is 21.5. The van der Waals surface area contributed by atoms with Gasteiger partial charge in [0, 0.05) is 11.8 Å². The molecular formula is C26H24Cl2N2O3S. The average molecular weight is 515 g/mol.